The summed E-state index contributed by atoms with van der Waals surface area (Å²) in [4.78, 5) is 24.1. The Hall–Kier alpha value is -2.30. The van der Waals surface area contributed by atoms with E-state index >= 15 is 0 Å². The van der Waals surface area contributed by atoms with Crippen molar-refractivity contribution in [2.45, 2.75) is 13.8 Å². The lowest BCUT2D eigenvalue weighted by Gasteiger charge is -2.11. The van der Waals surface area contributed by atoms with E-state index in [4.69, 9.17) is 27.6 Å². The highest BCUT2D eigenvalue weighted by Crippen LogP contribution is 2.33. The van der Waals surface area contributed by atoms with Gasteiger partial charge in [-0.15, -0.1) is 0 Å². The second-order valence-corrected chi connectivity index (χ2v) is 6.32. The molecule has 0 unspecified atom stereocenters. The smallest absolute Gasteiger partial charge is 0.339 e. The molecule has 3 aromatic rings. The number of hydrogen-bond donors (Lipinski definition) is 1. The van der Waals surface area contributed by atoms with Crippen LogP contribution in [0.2, 0.25) is 10.0 Å². The van der Waals surface area contributed by atoms with Gasteiger partial charge in [0.1, 0.15) is 11.3 Å². The third kappa shape index (κ3) is 2.68. The molecule has 0 fully saturated rings. The topological polar surface area (TPSA) is 67.5 Å². The van der Waals surface area contributed by atoms with E-state index < -0.39 is 5.97 Å². The van der Waals surface area contributed by atoms with Gasteiger partial charge in [-0.1, -0.05) is 23.2 Å². The summed E-state index contributed by atoms with van der Waals surface area (Å²) >= 11 is 12.0. The number of fused-ring (bicyclic) bond motifs is 1. The van der Waals surface area contributed by atoms with Crippen molar-refractivity contribution >= 4 is 40.1 Å². The van der Waals surface area contributed by atoms with Gasteiger partial charge >= 0.3 is 5.97 Å². The highest BCUT2D eigenvalue weighted by Gasteiger charge is 2.20. The Morgan fingerprint density at radius 1 is 1.12 bits per heavy atom. The molecule has 0 atom stereocenters. The Morgan fingerprint density at radius 2 is 1.83 bits per heavy atom. The minimum atomic E-state index is -1.15. The number of halogens is 2. The van der Waals surface area contributed by atoms with Crippen LogP contribution in [0, 0.1) is 13.8 Å². The molecule has 0 saturated carbocycles. The van der Waals surface area contributed by atoms with Gasteiger partial charge in [-0.05, 0) is 49.2 Å². The van der Waals surface area contributed by atoms with Gasteiger partial charge in [0, 0.05) is 16.7 Å². The quantitative estimate of drug-likeness (QED) is 0.689. The zero-order chi connectivity index (χ0) is 17.6. The van der Waals surface area contributed by atoms with Gasteiger partial charge in [0.15, 0.2) is 11.0 Å². The molecule has 1 aromatic heterocycles. The van der Waals surface area contributed by atoms with E-state index in [2.05, 4.69) is 0 Å². The van der Waals surface area contributed by atoms with Crippen molar-refractivity contribution in [1.29, 1.82) is 0 Å². The Kier molecular flexibility index (Phi) is 4.11. The Morgan fingerprint density at radius 3 is 2.46 bits per heavy atom. The molecule has 0 aliphatic carbocycles. The number of benzene rings is 2. The third-order valence-electron chi connectivity index (χ3n) is 3.95. The molecule has 4 nitrogen and oxygen atoms in total. The molecule has 0 saturated heterocycles. The van der Waals surface area contributed by atoms with Crippen molar-refractivity contribution in [3.8, 4) is 11.3 Å². The zero-order valence-corrected chi connectivity index (χ0v) is 14.3. The van der Waals surface area contributed by atoms with Crippen LogP contribution in [0.15, 0.2) is 39.5 Å². The van der Waals surface area contributed by atoms with E-state index in [1.54, 1.807) is 32.0 Å². The van der Waals surface area contributed by atoms with Crippen molar-refractivity contribution < 1.29 is 14.3 Å². The van der Waals surface area contributed by atoms with E-state index in [0.29, 0.717) is 26.7 Å². The maximum absolute atomic E-state index is 12.5. The van der Waals surface area contributed by atoms with E-state index in [-0.39, 0.29) is 27.7 Å². The zero-order valence-electron chi connectivity index (χ0n) is 12.8. The first-order valence-electron chi connectivity index (χ1n) is 7.06. The summed E-state index contributed by atoms with van der Waals surface area (Å²) < 4.78 is 5.77. The Balaban J connectivity index is 2.42. The molecule has 0 aliphatic heterocycles. The molecule has 122 valence electrons. The predicted octanol–water partition coefficient (Wildman–Crippen LogP) is 5.08. The van der Waals surface area contributed by atoms with Crippen LogP contribution in [0.1, 0.15) is 21.5 Å². The number of carboxylic acids is 1. The molecule has 6 heteroatoms. The van der Waals surface area contributed by atoms with Crippen molar-refractivity contribution in [2.24, 2.45) is 0 Å². The van der Waals surface area contributed by atoms with Gasteiger partial charge in [0.2, 0.25) is 0 Å². The highest BCUT2D eigenvalue weighted by molar-refractivity contribution is 6.36. The molecule has 0 aliphatic rings. The summed E-state index contributed by atoms with van der Waals surface area (Å²) in [6.45, 7) is 3.44. The summed E-state index contributed by atoms with van der Waals surface area (Å²) in [5, 5.41) is 10.5. The van der Waals surface area contributed by atoms with Gasteiger partial charge in [0.25, 0.3) is 0 Å². The first kappa shape index (κ1) is 16.6. The van der Waals surface area contributed by atoms with Gasteiger partial charge in [-0.25, -0.2) is 4.79 Å². The summed E-state index contributed by atoms with van der Waals surface area (Å²) in [6, 6.07) is 7.71. The van der Waals surface area contributed by atoms with Crippen molar-refractivity contribution in [2.75, 3.05) is 0 Å². The van der Waals surface area contributed by atoms with Crippen LogP contribution in [0.3, 0.4) is 0 Å². The van der Waals surface area contributed by atoms with Crippen molar-refractivity contribution in [1.82, 2.24) is 0 Å². The fourth-order valence-corrected chi connectivity index (χ4v) is 3.10. The van der Waals surface area contributed by atoms with Crippen LogP contribution in [0.25, 0.3) is 22.3 Å². The summed E-state index contributed by atoms with van der Waals surface area (Å²) in [5.41, 5.74) is 1.42. The molecule has 24 heavy (non-hydrogen) atoms. The SMILES string of the molecule is Cc1cc2c(=O)cc(-c3ccc(Cl)cc3Cl)oc2c(C(=O)O)c1C. The third-order valence-corrected chi connectivity index (χ3v) is 4.50. The largest absolute Gasteiger partial charge is 0.478 e. The average molecular weight is 363 g/mol. The van der Waals surface area contributed by atoms with Crippen LogP contribution in [-0.2, 0) is 0 Å². The number of carbonyl (C=O) groups is 1. The molecular formula is C18H12Cl2O4. The van der Waals surface area contributed by atoms with Gasteiger partial charge in [-0.3, -0.25) is 4.79 Å². The number of hydrogen-bond acceptors (Lipinski definition) is 3. The van der Waals surface area contributed by atoms with Gasteiger partial charge in [-0.2, -0.15) is 0 Å². The molecular weight excluding hydrogens is 351 g/mol. The first-order chi connectivity index (χ1) is 11.3. The predicted molar refractivity (Wildman–Crippen MR) is 94.4 cm³/mol. The molecule has 2 aromatic carbocycles. The fraction of sp³-hybridized carbons (Fsp3) is 0.111. The van der Waals surface area contributed by atoms with Crippen molar-refractivity contribution in [3.63, 3.8) is 0 Å². The standard InChI is InChI=1S/C18H12Cl2O4/c1-8-5-12-14(21)7-15(11-4-3-10(19)6-13(11)20)24-17(12)16(9(8)2)18(22)23/h3-7H,1-2H3,(H,22,23). The van der Waals surface area contributed by atoms with Gasteiger partial charge < -0.3 is 9.52 Å². The summed E-state index contributed by atoms with van der Waals surface area (Å²) in [5.74, 6) is -0.955. The highest BCUT2D eigenvalue weighted by atomic mass is 35.5. The molecule has 0 spiro atoms. The van der Waals surface area contributed by atoms with Crippen LogP contribution in [0.5, 0.6) is 0 Å². The van der Waals surface area contributed by atoms with Crippen LogP contribution in [-0.4, -0.2) is 11.1 Å². The van der Waals surface area contributed by atoms with E-state index in [1.165, 1.54) is 12.1 Å². The molecule has 3 rings (SSSR count). The Bertz CT molecular complexity index is 1050. The molecule has 0 amide bonds. The number of aromatic carboxylic acids is 1. The number of rotatable bonds is 2. The van der Waals surface area contributed by atoms with Crippen LogP contribution < -0.4 is 5.43 Å². The maximum atomic E-state index is 12.5. The lowest BCUT2D eigenvalue weighted by Crippen LogP contribution is -2.08. The second-order valence-electron chi connectivity index (χ2n) is 5.47. The van der Waals surface area contributed by atoms with E-state index in [0.717, 1.165) is 0 Å². The molecule has 0 radical (unpaired) electrons. The van der Waals surface area contributed by atoms with E-state index in [1.807, 2.05) is 0 Å². The minimum absolute atomic E-state index is 0.0194. The molecule has 1 heterocycles. The molecule has 1 N–H and O–H groups in total. The fourth-order valence-electron chi connectivity index (χ4n) is 2.60. The lowest BCUT2D eigenvalue weighted by molar-refractivity contribution is 0.0697. The van der Waals surface area contributed by atoms with Crippen LogP contribution >= 0.6 is 23.2 Å². The van der Waals surface area contributed by atoms with E-state index in [9.17, 15) is 14.7 Å². The first-order valence-corrected chi connectivity index (χ1v) is 7.82. The number of carboxylic acid groups (broad SMARTS) is 1. The average Bonchev–Trinajstić information content (AvgIpc) is 2.49. The normalized spacial score (nSPS) is 11.0. The minimum Gasteiger partial charge on any atom is -0.478 e. The van der Waals surface area contributed by atoms with Crippen molar-refractivity contribution in [3.05, 3.63) is 67.3 Å². The second kappa shape index (κ2) is 5.96. The number of aryl methyl sites for hydroxylation is 1. The molecule has 0 bridgehead atoms. The Labute approximate surface area is 147 Å². The van der Waals surface area contributed by atoms with Crippen LogP contribution in [0.4, 0.5) is 0 Å². The monoisotopic (exact) mass is 362 g/mol. The summed E-state index contributed by atoms with van der Waals surface area (Å²) in [7, 11) is 0. The van der Waals surface area contributed by atoms with Gasteiger partial charge in [0.05, 0.1) is 10.4 Å². The lowest BCUT2D eigenvalue weighted by atomic mass is 9.99. The maximum Gasteiger partial charge on any atom is 0.339 e. The summed E-state index contributed by atoms with van der Waals surface area (Å²) in [6.07, 6.45) is 0.